The van der Waals surface area contributed by atoms with Crippen molar-refractivity contribution < 1.29 is 9.53 Å². The molecule has 1 unspecified atom stereocenters. The van der Waals surface area contributed by atoms with E-state index < -0.39 is 0 Å². The van der Waals surface area contributed by atoms with Crippen LogP contribution >= 0.6 is 0 Å². The molecule has 1 aliphatic heterocycles. The SMILES string of the molecule is COC(=O)N1CCCC(c2nnc(Cn3ccnc3C)n2C)C1. The van der Waals surface area contributed by atoms with Crippen LogP contribution in [0.1, 0.15) is 36.2 Å². The van der Waals surface area contributed by atoms with Gasteiger partial charge in [0.05, 0.1) is 13.7 Å². The number of ether oxygens (including phenoxy) is 1. The number of piperidine rings is 1. The van der Waals surface area contributed by atoms with Crippen LogP contribution in [0.5, 0.6) is 0 Å². The third kappa shape index (κ3) is 3.06. The molecule has 1 atom stereocenters. The molecule has 3 heterocycles. The molecule has 8 heteroatoms. The summed E-state index contributed by atoms with van der Waals surface area (Å²) in [6.45, 7) is 3.97. The number of carbonyl (C=O) groups is 1. The molecular weight excluding hydrogens is 296 g/mol. The van der Waals surface area contributed by atoms with Crippen molar-refractivity contribution in [3.05, 3.63) is 29.9 Å². The first-order valence-electron chi connectivity index (χ1n) is 7.79. The Balaban J connectivity index is 1.76. The fourth-order valence-corrected chi connectivity index (χ4v) is 3.07. The second-order valence-corrected chi connectivity index (χ2v) is 5.89. The normalized spacial score (nSPS) is 18.2. The minimum absolute atomic E-state index is 0.193. The lowest BCUT2D eigenvalue weighted by atomic mass is 9.97. The molecule has 0 aromatic carbocycles. The van der Waals surface area contributed by atoms with E-state index in [9.17, 15) is 4.79 Å². The highest BCUT2D eigenvalue weighted by Gasteiger charge is 2.28. The molecule has 23 heavy (non-hydrogen) atoms. The number of rotatable bonds is 3. The smallest absolute Gasteiger partial charge is 0.409 e. The zero-order valence-corrected chi connectivity index (χ0v) is 13.8. The first kappa shape index (κ1) is 15.5. The number of nitrogens with zero attached hydrogens (tertiary/aromatic N) is 6. The number of imidazole rings is 1. The van der Waals surface area contributed by atoms with Gasteiger partial charge < -0.3 is 18.8 Å². The van der Waals surface area contributed by atoms with Gasteiger partial charge in [0.15, 0.2) is 5.82 Å². The van der Waals surface area contributed by atoms with E-state index in [1.54, 1.807) is 11.1 Å². The summed E-state index contributed by atoms with van der Waals surface area (Å²) < 4.78 is 8.90. The zero-order chi connectivity index (χ0) is 16.4. The van der Waals surface area contributed by atoms with Crippen molar-refractivity contribution in [3.63, 3.8) is 0 Å². The second-order valence-electron chi connectivity index (χ2n) is 5.89. The maximum atomic E-state index is 11.7. The molecule has 0 bridgehead atoms. The molecule has 0 aliphatic carbocycles. The van der Waals surface area contributed by atoms with Crippen LogP contribution in [-0.2, 0) is 18.3 Å². The Morgan fingerprint density at radius 3 is 2.96 bits per heavy atom. The quantitative estimate of drug-likeness (QED) is 0.853. The number of aromatic nitrogens is 5. The van der Waals surface area contributed by atoms with Gasteiger partial charge in [-0.15, -0.1) is 10.2 Å². The zero-order valence-electron chi connectivity index (χ0n) is 13.8. The monoisotopic (exact) mass is 318 g/mol. The van der Waals surface area contributed by atoms with Gasteiger partial charge in [0.1, 0.15) is 11.6 Å². The highest BCUT2D eigenvalue weighted by molar-refractivity contribution is 5.67. The Morgan fingerprint density at radius 2 is 2.26 bits per heavy atom. The number of likely N-dealkylation sites (tertiary alicyclic amines) is 1. The summed E-state index contributed by atoms with van der Waals surface area (Å²) in [4.78, 5) is 17.7. The maximum Gasteiger partial charge on any atom is 0.409 e. The molecule has 0 spiro atoms. The minimum atomic E-state index is -0.272. The highest BCUT2D eigenvalue weighted by Crippen LogP contribution is 2.26. The third-order valence-electron chi connectivity index (χ3n) is 4.45. The molecule has 0 radical (unpaired) electrons. The lowest BCUT2D eigenvalue weighted by Crippen LogP contribution is -2.39. The average molecular weight is 318 g/mol. The van der Waals surface area contributed by atoms with Crippen molar-refractivity contribution in [1.82, 2.24) is 29.2 Å². The first-order chi connectivity index (χ1) is 11.1. The van der Waals surface area contributed by atoms with E-state index >= 15 is 0 Å². The molecule has 8 nitrogen and oxygen atoms in total. The van der Waals surface area contributed by atoms with E-state index in [2.05, 4.69) is 15.2 Å². The minimum Gasteiger partial charge on any atom is -0.453 e. The van der Waals surface area contributed by atoms with Gasteiger partial charge in [-0.1, -0.05) is 0 Å². The van der Waals surface area contributed by atoms with E-state index in [1.807, 2.05) is 29.3 Å². The van der Waals surface area contributed by atoms with Crippen molar-refractivity contribution in [1.29, 1.82) is 0 Å². The lowest BCUT2D eigenvalue weighted by molar-refractivity contribution is 0.110. The average Bonchev–Trinajstić information content (AvgIpc) is 3.14. The number of hydrogen-bond acceptors (Lipinski definition) is 5. The summed E-state index contributed by atoms with van der Waals surface area (Å²) in [6, 6.07) is 0. The van der Waals surface area contributed by atoms with E-state index in [1.165, 1.54) is 7.11 Å². The second kappa shape index (κ2) is 6.39. The third-order valence-corrected chi connectivity index (χ3v) is 4.45. The number of carbonyl (C=O) groups excluding carboxylic acids is 1. The summed E-state index contributed by atoms with van der Waals surface area (Å²) in [6.07, 6.45) is 5.39. The largest absolute Gasteiger partial charge is 0.453 e. The molecule has 0 N–H and O–H groups in total. The summed E-state index contributed by atoms with van der Waals surface area (Å²) >= 11 is 0. The highest BCUT2D eigenvalue weighted by atomic mass is 16.5. The molecule has 1 aliphatic rings. The summed E-state index contributed by atoms with van der Waals surface area (Å²) in [5, 5.41) is 8.70. The van der Waals surface area contributed by atoms with Gasteiger partial charge in [-0.05, 0) is 19.8 Å². The summed E-state index contributed by atoms with van der Waals surface area (Å²) in [5.41, 5.74) is 0. The Bertz CT molecular complexity index is 692. The van der Waals surface area contributed by atoms with Gasteiger partial charge in [-0.3, -0.25) is 0 Å². The van der Waals surface area contributed by atoms with Crippen LogP contribution in [-0.4, -0.2) is 55.5 Å². The van der Waals surface area contributed by atoms with Crippen molar-refractivity contribution in [2.75, 3.05) is 20.2 Å². The molecule has 1 fully saturated rings. The fraction of sp³-hybridized carbons (Fsp3) is 0.600. The van der Waals surface area contributed by atoms with E-state index in [4.69, 9.17) is 4.74 Å². The summed E-state index contributed by atoms with van der Waals surface area (Å²) in [7, 11) is 3.40. The molecule has 124 valence electrons. The summed E-state index contributed by atoms with van der Waals surface area (Å²) in [5.74, 6) is 2.95. The predicted molar refractivity (Wildman–Crippen MR) is 83.0 cm³/mol. The maximum absolute atomic E-state index is 11.7. The lowest BCUT2D eigenvalue weighted by Gasteiger charge is -2.31. The van der Waals surface area contributed by atoms with Gasteiger partial charge in [0.2, 0.25) is 0 Å². The van der Waals surface area contributed by atoms with Crippen LogP contribution in [0.2, 0.25) is 0 Å². The van der Waals surface area contributed by atoms with Crippen molar-refractivity contribution >= 4 is 6.09 Å². The van der Waals surface area contributed by atoms with E-state index in [0.717, 1.165) is 36.9 Å². The molecular formula is C15H22N6O2. The Kier molecular flexibility index (Phi) is 4.31. The first-order valence-corrected chi connectivity index (χ1v) is 7.79. The van der Waals surface area contributed by atoms with Gasteiger partial charge in [0, 0.05) is 38.4 Å². The molecule has 2 aromatic rings. The van der Waals surface area contributed by atoms with Crippen LogP contribution in [0.3, 0.4) is 0 Å². The number of methoxy groups -OCH3 is 1. The van der Waals surface area contributed by atoms with Gasteiger partial charge in [-0.25, -0.2) is 9.78 Å². The van der Waals surface area contributed by atoms with Gasteiger partial charge >= 0.3 is 6.09 Å². The van der Waals surface area contributed by atoms with Gasteiger partial charge in [0.25, 0.3) is 0 Å². The van der Waals surface area contributed by atoms with Crippen LogP contribution in [0.4, 0.5) is 4.79 Å². The van der Waals surface area contributed by atoms with E-state index in [0.29, 0.717) is 13.1 Å². The molecule has 1 saturated heterocycles. The molecule has 3 rings (SSSR count). The van der Waals surface area contributed by atoms with Gasteiger partial charge in [-0.2, -0.15) is 0 Å². The Morgan fingerprint density at radius 1 is 1.43 bits per heavy atom. The fourth-order valence-electron chi connectivity index (χ4n) is 3.07. The van der Waals surface area contributed by atoms with Crippen molar-refractivity contribution in [3.8, 4) is 0 Å². The van der Waals surface area contributed by atoms with Crippen LogP contribution in [0.15, 0.2) is 12.4 Å². The number of hydrogen-bond donors (Lipinski definition) is 0. The molecule has 0 saturated carbocycles. The number of amides is 1. The van der Waals surface area contributed by atoms with Crippen molar-refractivity contribution in [2.24, 2.45) is 7.05 Å². The van der Waals surface area contributed by atoms with E-state index in [-0.39, 0.29) is 12.0 Å². The Labute approximate surface area is 135 Å². The van der Waals surface area contributed by atoms with Crippen LogP contribution in [0, 0.1) is 6.92 Å². The van der Waals surface area contributed by atoms with Crippen molar-refractivity contribution in [2.45, 2.75) is 32.2 Å². The van der Waals surface area contributed by atoms with Crippen LogP contribution < -0.4 is 0 Å². The number of aryl methyl sites for hydroxylation is 1. The topological polar surface area (TPSA) is 78.1 Å². The molecule has 2 aromatic heterocycles. The predicted octanol–water partition coefficient (Wildman–Crippen LogP) is 1.31. The molecule has 1 amide bonds. The van der Waals surface area contributed by atoms with Crippen LogP contribution in [0.25, 0.3) is 0 Å². The Hall–Kier alpha value is -2.38. The standard InChI is InChI=1S/C15H22N6O2/c1-11-16-6-8-20(11)10-13-17-18-14(19(13)2)12-5-4-7-21(9-12)15(22)23-3/h6,8,12H,4-5,7,9-10H2,1-3H3.